The van der Waals surface area contributed by atoms with Gasteiger partial charge in [-0.3, -0.25) is 0 Å². The molecule has 0 saturated carbocycles. The zero-order valence-corrected chi connectivity index (χ0v) is 8.65. The fourth-order valence-corrected chi connectivity index (χ4v) is 1.39. The summed E-state index contributed by atoms with van der Waals surface area (Å²) in [5, 5.41) is 0.825. The summed E-state index contributed by atoms with van der Waals surface area (Å²) in [6.07, 6.45) is 0.00251. The summed E-state index contributed by atoms with van der Waals surface area (Å²) < 4.78 is 5.48. The molecule has 1 aromatic heterocycles. The van der Waals surface area contributed by atoms with Gasteiger partial charge in [0.1, 0.15) is 0 Å². The van der Waals surface area contributed by atoms with Gasteiger partial charge in [-0.1, -0.05) is 12.1 Å². The van der Waals surface area contributed by atoms with Crippen LogP contribution in [0.1, 0.15) is 13.8 Å². The minimum absolute atomic E-state index is 0.00251. The lowest BCUT2D eigenvalue weighted by Gasteiger charge is -2.09. The van der Waals surface area contributed by atoms with Crippen LogP contribution in [-0.4, -0.2) is 16.1 Å². The number of rotatable bonds is 2. The van der Waals surface area contributed by atoms with Gasteiger partial charge in [-0.25, -0.2) is 4.79 Å². The van der Waals surface area contributed by atoms with Gasteiger partial charge in [0.15, 0.2) is 0 Å². The first-order valence-electron chi connectivity index (χ1n) is 4.82. The molecule has 0 amide bonds. The molecule has 1 N–H and O–H groups in total. The Morgan fingerprint density at radius 2 is 2.07 bits per heavy atom. The summed E-state index contributed by atoms with van der Waals surface area (Å²) in [6.45, 7) is 3.80. The predicted molar refractivity (Wildman–Crippen MR) is 58.1 cm³/mol. The smallest absolute Gasteiger partial charge is 0.348 e. The van der Waals surface area contributed by atoms with E-state index in [-0.39, 0.29) is 11.8 Å². The molecule has 0 fully saturated rings. The average Bonchev–Trinajstić information content (AvgIpc) is 2.16. The van der Waals surface area contributed by atoms with Crippen molar-refractivity contribution >= 4 is 10.9 Å². The molecule has 78 valence electrons. The average molecular weight is 204 g/mol. The molecule has 0 aliphatic rings. The third-order valence-corrected chi connectivity index (χ3v) is 1.95. The number of fused-ring (bicyclic) bond motifs is 1. The van der Waals surface area contributed by atoms with Crippen molar-refractivity contribution < 1.29 is 4.74 Å². The van der Waals surface area contributed by atoms with Crippen LogP contribution in [-0.2, 0) is 0 Å². The highest BCUT2D eigenvalue weighted by Crippen LogP contribution is 2.19. The van der Waals surface area contributed by atoms with Crippen LogP contribution < -0.4 is 10.4 Å². The Hall–Kier alpha value is -1.84. The zero-order chi connectivity index (χ0) is 10.8. The van der Waals surface area contributed by atoms with Crippen LogP contribution in [0, 0.1) is 0 Å². The fraction of sp³-hybridized carbons (Fsp3) is 0.273. The van der Waals surface area contributed by atoms with Crippen LogP contribution in [0.4, 0.5) is 0 Å². The van der Waals surface area contributed by atoms with Crippen molar-refractivity contribution in [3.63, 3.8) is 0 Å². The van der Waals surface area contributed by atoms with Crippen molar-refractivity contribution in [3.05, 3.63) is 34.7 Å². The lowest BCUT2D eigenvalue weighted by atomic mass is 10.2. The first-order chi connectivity index (χ1) is 7.16. The van der Waals surface area contributed by atoms with Gasteiger partial charge in [-0.05, 0) is 26.0 Å². The number of hydrogen-bond donors (Lipinski definition) is 1. The maximum absolute atomic E-state index is 11.2. The second kappa shape index (κ2) is 3.73. The second-order valence-electron chi connectivity index (χ2n) is 3.56. The van der Waals surface area contributed by atoms with E-state index in [9.17, 15) is 4.79 Å². The summed E-state index contributed by atoms with van der Waals surface area (Å²) >= 11 is 0. The summed E-state index contributed by atoms with van der Waals surface area (Å²) in [5.74, 6) is 0.393. The van der Waals surface area contributed by atoms with Crippen molar-refractivity contribution in [1.29, 1.82) is 0 Å². The van der Waals surface area contributed by atoms with E-state index < -0.39 is 0 Å². The van der Waals surface area contributed by atoms with Crippen LogP contribution in [0.15, 0.2) is 29.1 Å². The highest BCUT2D eigenvalue weighted by molar-refractivity contribution is 5.82. The molecular weight excluding hydrogens is 192 g/mol. The molecule has 2 aromatic rings. The van der Waals surface area contributed by atoms with E-state index in [1.54, 1.807) is 0 Å². The van der Waals surface area contributed by atoms with E-state index in [1.165, 1.54) is 0 Å². The van der Waals surface area contributed by atoms with Crippen molar-refractivity contribution in [1.82, 2.24) is 9.97 Å². The standard InChI is InChI=1S/C11H12N2O2/c1-7(2)15-10-8-5-3-4-6-9(8)12-11(14)13-10/h3-7H,1-2H3,(H,12,13,14). The molecule has 0 saturated heterocycles. The molecule has 15 heavy (non-hydrogen) atoms. The van der Waals surface area contributed by atoms with Crippen LogP contribution in [0.25, 0.3) is 10.9 Å². The lowest BCUT2D eigenvalue weighted by molar-refractivity contribution is 0.235. The van der Waals surface area contributed by atoms with Crippen LogP contribution >= 0.6 is 0 Å². The van der Waals surface area contributed by atoms with Crippen molar-refractivity contribution in [2.24, 2.45) is 0 Å². The van der Waals surface area contributed by atoms with Gasteiger partial charge in [0.25, 0.3) is 0 Å². The van der Waals surface area contributed by atoms with Gasteiger partial charge < -0.3 is 9.72 Å². The number of aromatic nitrogens is 2. The Morgan fingerprint density at radius 1 is 1.33 bits per heavy atom. The summed E-state index contributed by atoms with van der Waals surface area (Å²) in [6, 6.07) is 7.44. The molecule has 0 atom stereocenters. The molecule has 0 bridgehead atoms. The number of hydrogen-bond acceptors (Lipinski definition) is 3. The summed E-state index contributed by atoms with van der Waals surface area (Å²) in [5.41, 5.74) is 0.359. The highest BCUT2D eigenvalue weighted by Gasteiger charge is 2.06. The van der Waals surface area contributed by atoms with E-state index in [0.29, 0.717) is 5.88 Å². The Bertz CT molecular complexity index is 531. The molecule has 4 heteroatoms. The number of nitrogens with zero attached hydrogens (tertiary/aromatic N) is 1. The van der Waals surface area contributed by atoms with Gasteiger partial charge >= 0.3 is 5.69 Å². The van der Waals surface area contributed by atoms with Crippen LogP contribution in [0.2, 0.25) is 0 Å². The maximum atomic E-state index is 11.2. The molecule has 0 aliphatic carbocycles. The molecule has 2 rings (SSSR count). The predicted octanol–water partition coefficient (Wildman–Crippen LogP) is 1.71. The Labute approximate surface area is 86.9 Å². The first kappa shape index (κ1) is 9.71. The minimum atomic E-state index is -0.385. The van der Waals surface area contributed by atoms with E-state index in [0.717, 1.165) is 10.9 Å². The van der Waals surface area contributed by atoms with E-state index in [4.69, 9.17) is 4.74 Å². The quantitative estimate of drug-likeness (QED) is 0.810. The molecule has 1 heterocycles. The molecule has 0 unspecified atom stereocenters. The molecule has 4 nitrogen and oxygen atoms in total. The molecule has 0 radical (unpaired) electrons. The van der Waals surface area contributed by atoms with Crippen LogP contribution in [0.3, 0.4) is 0 Å². The topological polar surface area (TPSA) is 55.0 Å². The number of H-pyrrole nitrogens is 1. The molecule has 0 spiro atoms. The molecule has 0 aliphatic heterocycles. The van der Waals surface area contributed by atoms with E-state index in [1.807, 2.05) is 38.1 Å². The normalized spacial score (nSPS) is 10.9. The number of para-hydroxylation sites is 1. The van der Waals surface area contributed by atoms with Gasteiger partial charge in [-0.15, -0.1) is 0 Å². The Kier molecular flexibility index (Phi) is 2.41. The zero-order valence-electron chi connectivity index (χ0n) is 8.65. The molecule has 1 aromatic carbocycles. The van der Waals surface area contributed by atoms with Gasteiger partial charge in [-0.2, -0.15) is 4.98 Å². The number of ether oxygens (including phenoxy) is 1. The van der Waals surface area contributed by atoms with Crippen LogP contribution in [0.5, 0.6) is 5.88 Å². The van der Waals surface area contributed by atoms with E-state index in [2.05, 4.69) is 9.97 Å². The largest absolute Gasteiger partial charge is 0.474 e. The third-order valence-electron chi connectivity index (χ3n) is 1.95. The van der Waals surface area contributed by atoms with Gasteiger partial charge in [0.05, 0.1) is 17.0 Å². The minimum Gasteiger partial charge on any atom is -0.474 e. The van der Waals surface area contributed by atoms with E-state index >= 15 is 0 Å². The maximum Gasteiger partial charge on any atom is 0.348 e. The monoisotopic (exact) mass is 204 g/mol. The lowest BCUT2D eigenvalue weighted by Crippen LogP contribution is -2.15. The van der Waals surface area contributed by atoms with Crippen molar-refractivity contribution in [2.75, 3.05) is 0 Å². The summed E-state index contributed by atoms with van der Waals surface area (Å²) in [4.78, 5) is 17.7. The Morgan fingerprint density at radius 3 is 2.80 bits per heavy atom. The van der Waals surface area contributed by atoms with Crippen molar-refractivity contribution in [3.8, 4) is 5.88 Å². The number of benzene rings is 1. The number of nitrogens with one attached hydrogen (secondary N) is 1. The Balaban J connectivity index is 2.66. The first-order valence-corrected chi connectivity index (χ1v) is 4.82. The van der Waals surface area contributed by atoms with Gasteiger partial charge in [0, 0.05) is 0 Å². The highest BCUT2D eigenvalue weighted by atomic mass is 16.5. The van der Waals surface area contributed by atoms with Gasteiger partial charge in [0.2, 0.25) is 5.88 Å². The summed E-state index contributed by atoms with van der Waals surface area (Å²) in [7, 11) is 0. The van der Waals surface area contributed by atoms with Crippen molar-refractivity contribution in [2.45, 2.75) is 20.0 Å². The fourth-order valence-electron chi connectivity index (χ4n) is 1.39. The molecular formula is C11H12N2O2. The SMILES string of the molecule is CC(C)Oc1nc(=O)[nH]c2ccccc12. The third kappa shape index (κ3) is 1.98. The number of aromatic amines is 1. The second-order valence-corrected chi connectivity index (χ2v) is 3.56.